The van der Waals surface area contributed by atoms with Gasteiger partial charge in [-0.2, -0.15) is 0 Å². The first-order valence-corrected chi connectivity index (χ1v) is 8.71. The molecule has 0 aliphatic carbocycles. The lowest BCUT2D eigenvalue weighted by Crippen LogP contribution is -2.56. The second kappa shape index (κ2) is 8.34. The van der Waals surface area contributed by atoms with Gasteiger partial charge in [0.05, 0.1) is 24.9 Å². The molecule has 0 radical (unpaired) electrons. The van der Waals surface area contributed by atoms with Crippen molar-refractivity contribution in [2.75, 3.05) is 20.2 Å². The van der Waals surface area contributed by atoms with E-state index in [1.54, 1.807) is 29.2 Å². The fraction of sp³-hybridized carbons (Fsp3) is 0.579. The van der Waals surface area contributed by atoms with Gasteiger partial charge < -0.3 is 19.7 Å². The Balaban J connectivity index is 2.15. The summed E-state index contributed by atoms with van der Waals surface area (Å²) in [6.07, 6.45) is -0.0177. The van der Waals surface area contributed by atoms with Crippen molar-refractivity contribution in [2.45, 2.75) is 45.9 Å². The lowest BCUT2D eigenvalue weighted by Gasteiger charge is -2.38. The maximum Gasteiger partial charge on any atom is 0.255 e. The van der Waals surface area contributed by atoms with Crippen LogP contribution in [-0.4, -0.2) is 55.2 Å². The molecular weight excluding hydrogens is 320 g/mol. The SMILES string of the molecule is COc1ccccc1C(=O)N[C@H](C(=O)N1C[C@@H](C)O[C@H](C)C1)C(C)C. The summed E-state index contributed by atoms with van der Waals surface area (Å²) in [7, 11) is 1.52. The number of carbonyl (C=O) groups excluding carboxylic acids is 2. The van der Waals surface area contributed by atoms with Crippen molar-refractivity contribution < 1.29 is 19.1 Å². The molecule has 1 aliphatic heterocycles. The van der Waals surface area contributed by atoms with E-state index in [2.05, 4.69) is 5.32 Å². The van der Waals surface area contributed by atoms with Gasteiger partial charge in [0.2, 0.25) is 5.91 Å². The van der Waals surface area contributed by atoms with Crippen LogP contribution in [0.15, 0.2) is 24.3 Å². The molecule has 1 aromatic rings. The van der Waals surface area contributed by atoms with Crippen LogP contribution < -0.4 is 10.1 Å². The van der Waals surface area contributed by atoms with Crippen LogP contribution in [0.4, 0.5) is 0 Å². The van der Waals surface area contributed by atoms with E-state index in [1.165, 1.54) is 7.11 Å². The lowest BCUT2D eigenvalue weighted by atomic mass is 10.0. The van der Waals surface area contributed by atoms with Gasteiger partial charge in [0.25, 0.3) is 5.91 Å². The minimum atomic E-state index is -0.588. The zero-order valence-electron chi connectivity index (χ0n) is 15.6. The highest BCUT2D eigenvalue weighted by atomic mass is 16.5. The van der Waals surface area contributed by atoms with Gasteiger partial charge in [0, 0.05) is 13.1 Å². The summed E-state index contributed by atoms with van der Waals surface area (Å²) >= 11 is 0. The number of para-hydroxylation sites is 1. The Bertz CT molecular complexity index is 607. The molecule has 1 fully saturated rings. The lowest BCUT2D eigenvalue weighted by molar-refractivity contribution is -0.146. The number of morpholine rings is 1. The van der Waals surface area contributed by atoms with Crippen LogP contribution in [0.5, 0.6) is 5.75 Å². The van der Waals surface area contributed by atoms with Crippen LogP contribution in [-0.2, 0) is 9.53 Å². The minimum absolute atomic E-state index is 0.00886. The van der Waals surface area contributed by atoms with Crippen molar-refractivity contribution in [3.05, 3.63) is 29.8 Å². The highest BCUT2D eigenvalue weighted by molar-refractivity contribution is 5.99. The standard InChI is InChI=1S/C19H28N2O4/c1-12(2)17(19(23)21-10-13(3)25-14(4)11-21)20-18(22)15-8-6-7-9-16(15)24-5/h6-9,12-14,17H,10-11H2,1-5H3,(H,20,22)/t13-,14-,17+/m1/s1. The molecule has 2 rings (SSSR count). The number of nitrogens with zero attached hydrogens (tertiary/aromatic N) is 1. The molecule has 1 aromatic carbocycles. The van der Waals surface area contributed by atoms with Gasteiger partial charge in [-0.1, -0.05) is 26.0 Å². The quantitative estimate of drug-likeness (QED) is 0.885. The van der Waals surface area contributed by atoms with Crippen LogP contribution in [0.1, 0.15) is 38.1 Å². The van der Waals surface area contributed by atoms with E-state index in [9.17, 15) is 9.59 Å². The van der Waals surface area contributed by atoms with Gasteiger partial charge >= 0.3 is 0 Å². The summed E-state index contributed by atoms with van der Waals surface area (Å²) < 4.78 is 10.9. The highest BCUT2D eigenvalue weighted by Gasteiger charge is 2.33. The summed E-state index contributed by atoms with van der Waals surface area (Å²) in [5.74, 6) is 0.0855. The zero-order valence-corrected chi connectivity index (χ0v) is 15.6. The molecule has 0 saturated carbocycles. The van der Waals surface area contributed by atoms with Crippen molar-refractivity contribution in [2.24, 2.45) is 5.92 Å². The first kappa shape index (κ1) is 19.2. The fourth-order valence-corrected chi connectivity index (χ4v) is 3.12. The van der Waals surface area contributed by atoms with Gasteiger partial charge in [0.15, 0.2) is 0 Å². The number of hydrogen-bond donors (Lipinski definition) is 1. The van der Waals surface area contributed by atoms with Crippen LogP contribution >= 0.6 is 0 Å². The van der Waals surface area contributed by atoms with E-state index in [1.807, 2.05) is 27.7 Å². The van der Waals surface area contributed by atoms with Gasteiger partial charge in [-0.3, -0.25) is 9.59 Å². The number of methoxy groups -OCH3 is 1. The van der Waals surface area contributed by atoms with Crippen molar-refractivity contribution in [3.8, 4) is 5.75 Å². The highest BCUT2D eigenvalue weighted by Crippen LogP contribution is 2.19. The molecule has 0 aromatic heterocycles. The van der Waals surface area contributed by atoms with E-state index in [0.717, 1.165) is 0 Å². The number of amides is 2. The Kier molecular flexibility index (Phi) is 6.42. The fourth-order valence-electron chi connectivity index (χ4n) is 3.12. The summed E-state index contributed by atoms with van der Waals surface area (Å²) in [6, 6.07) is 6.41. The molecule has 138 valence electrons. The molecule has 3 atom stereocenters. The topological polar surface area (TPSA) is 67.9 Å². The largest absolute Gasteiger partial charge is 0.496 e. The Morgan fingerprint density at radius 2 is 1.80 bits per heavy atom. The van der Waals surface area contributed by atoms with Crippen molar-refractivity contribution in [1.82, 2.24) is 10.2 Å². The Hall–Kier alpha value is -2.08. The average molecular weight is 348 g/mol. The second-order valence-electron chi connectivity index (χ2n) is 6.90. The molecular formula is C19H28N2O4. The third-order valence-electron chi connectivity index (χ3n) is 4.30. The molecule has 1 aliphatic rings. The predicted molar refractivity (Wildman–Crippen MR) is 95.7 cm³/mol. The Morgan fingerprint density at radius 3 is 2.36 bits per heavy atom. The Morgan fingerprint density at radius 1 is 1.20 bits per heavy atom. The molecule has 0 bridgehead atoms. The maximum atomic E-state index is 13.0. The van der Waals surface area contributed by atoms with E-state index in [0.29, 0.717) is 24.4 Å². The average Bonchev–Trinajstić information content (AvgIpc) is 2.57. The molecule has 1 N–H and O–H groups in total. The van der Waals surface area contributed by atoms with Crippen LogP contribution in [0, 0.1) is 5.92 Å². The smallest absolute Gasteiger partial charge is 0.255 e. The number of carbonyl (C=O) groups is 2. The van der Waals surface area contributed by atoms with Crippen LogP contribution in [0.3, 0.4) is 0 Å². The van der Waals surface area contributed by atoms with Crippen LogP contribution in [0.25, 0.3) is 0 Å². The van der Waals surface area contributed by atoms with Gasteiger partial charge in [-0.25, -0.2) is 0 Å². The summed E-state index contributed by atoms with van der Waals surface area (Å²) in [4.78, 5) is 27.4. The summed E-state index contributed by atoms with van der Waals surface area (Å²) in [5, 5.41) is 2.88. The van der Waals surface area contributed by atoms with Gasteiger partial charge in [-0.05, 0) is 31.9 Å². The summed E-state index contributed by atoms with van der Waals surface area (Å²) in [6.45, 7) is 8.84. The van der Waals surface area contributed by atoms with Crippen LogP contribution in [0.2, 0.25) is 0 Å². The minimum Gasteiger partial charge on any atom is -0.496 e. The zero-order chi connectivity index (χ0) is 18.6. The first-order chi connectivity index (χ1) is 11.8. The predicted octanol–water partition coefficient (Wildman–Crippen LogP) is 2.09. The molecule has 6 heteroatoms. The van der Waals surface area contributed by atoms with Gasteiger partial charge in [-0.15, -0.1) is 0 Å². The van der Waals surface area contributed by atoms with Gasteiger partial charge in [0.1, 0.15) is 11.8 Å². The summed E-state index contributed by atoms with van der Waals surface area (Å²) in [5.41, 5.74) is 0.423. The molecule has 2 amide bonds. The third kappa shape index (κ3) is 4.72. The molecule has 0 unspecified atom stereocenters. The number of nitrogens with one attached hydrogen (secondary N) is 1. The number of hydrogen-bond acceptors (Lipinski definition) is 4. The number of benzene rings is 1. The van der Waals surface area contributed by atoms with E-state index in [4.69, 9.17) is 9.47 Å². The molecule has 0 spiro atoms. The van der Waals surface area contributed by atoms with Crippen molar-refractivity contribution in [3.63, 3.8) is 0 Å². The second-order valence-corrected chi connectivity index (χ2v) is 6.90. The normalized spacial score (nSPS) is 21.8. The number of ether oxygens (including phenoxy) is 2. The van der Waals surface area contributed by atoms with E-state index in [-0.39, 0.29) is 29.9 Å². The van der Waals surface area contributed by atoms with Crippen molar-refractivity contribution >= 4 is 11.8 Å². The van der Waals surface area contributed by atoms with E-state index >= 15 is 0 Å². The maximum absolute atomic E-state index is 13.0. The number of rotatable bonds is 5. The monoisotopic (exact) mass is 348 g/mol. The Labute approximate surface area is 149 Å². The van der Waals surface area contributed by atoms with Crippen molar-refractivity contribution in [1.29, 1.82) is 0 Å². The van der Waals surface area contributed by atoms with E-state index < -0.39 is 6.04 Å². The first-order valence-electron chi connectivity index (χ1n) is 8.71. The molecule has 1 heterocycles. The molecule has 25 heavy (non-hydrogen) atoms. The third-order valence-corrected chi connectivity index (χ3v) is 4.30. The molecule has 6 nitrogen and oxygen atoms in total. The molecule has 1 saturated heterocycles.